The van der Waals surface area contributed by atoms with E-state index in [9.17, 15) is 9.18 Å². The Morgan fingerprint density at radius 3 is 2.52 bits per heavy atom. The third-order valence-corrected chi connectivity index (χ3v) is 5.20. The maximum atomic E-state index is 13.3. The molecule has 4 rings (SSSR count). The molecule has 0 aliphatic rings. The Morgan fingerprint density at radius 2 is 1.84 bits per heavy atom. The number of nitrogens with one attached hydrogen (secondary N) is 1. The molecule has 0 saturated carbocycles. The number of ether oxygens (including phenoxy) is 1. The van der Waals surface area contributed by atoms with Crippen LogP contribution in [0, 0.1) is 19.7 Å². The Labute approximate surface area is 179 Å². The predicted octanol–water partition coefficient (Wildman–Crippen LogP) is 4.21. The molecule has 2 aromatic heterocycles. The first-order valence-corrected chi connectivity index (χ1v) is 9.96. The summed E-state index contributed by atoms with van der Waals surface area (Å²) in [6.45, 7) is 3.81. The van der Waals surface area contributed by atoms with E-state index >= 15 is 0 Å². The average Bonchev–Trinajstić information content (AvgIpc) is 3.19. The van der Waals surface area contributed by atoms with E-state index in [4.69, 9.17) is 4.74 Å². The van der Waals surface area contributed by atoms with Gasteiger partial charge in [0, 0.05) is 11.4 Å². The highest BCUT2D eigenvalue weighted by molar-refractivity contribution is 5.99. The fourth-order valence-electron chi connectivity index (χ4n) is 3.61. The molecule has 31 heavy (non-hydrogen) atoms. The number of hydrogen-bond donors (Lipinski definition) is 1. The third kappa shape index (κ3) is 4.40. The van der Waals surface area contributed by atoms with Crippen LogP contribution in [0.15, 0.2) is 60.8 Å². The van der Waals surface area contributed by atoms with Gasteiger partial charge in [0.2, 0.25) is 0 Å². The number of aromatic nitrogens is 3. The second-order valence-corrected chi connectivity index (χ2v) is 7.46. The number of nitrogens with zero attached hydrogens (tertiary/aromatic N) is 3. The number of methoxy groups -OCH3 is 1. The SMILES string of the molecule is COc1ccc(C(Cc2ccc(F)cc2)NC(=O)c2cnn3c(C)cc(C)nc23)cc1. The molecule has 4 aromatic rings. The van der Waals surface area contributed by atoms with Crippen molar-refractivity contribution in [2.75, 3.05) is 7.11 Å². The van der Waals surface area contributed by atoms with Crippen molar-refractivity contribution in [2.45, 2.75) is 26.3 Å². The highest BCUT2D eigenvalue weighted by atomic mass is 19.1. The fraction of sp³-hybridized carbons (Fsp3) is 0.208. The van der Waals surface area contributed by atoms with Crippen molar-refractivity contribution in [3.8, 4) is 5.75 Å². The molecule has 6 nitrogen and oxygen atoms in total. The molecule has 0 aliphatic heterocycles. The quantitative estimate of drug-likeness (QED) is 0.509. The fourth-order valence-corrected chi connectivity index (χ4v) is 3.61. The second-order valence-electron chi connectivity index (χ2n) is 7.46. The number of halogens is 1. The van der Waals surface area contributed by atoms with Gasteiger partial charge in [-0.15, -0.1) is 0 Å². The first-order chi connectivity index (χ1) is 14.9. The molecule has 0 saturated heterocycles. The Kier molecular flexibility index (Phi) is 5.66. The van der Waals surface area contributed by atoms with E-state index in [1.165, 1.54) is 18.3 Å². The van der Waals surface area contributed by atoms with Crippen LogP contribution in [0.3, 0.4) is 0 Å². The normalized spacial score (nSPS) is 12.0. The van der Waals surface area contributed by atoms with E-state index in [1.807, 2.05) is 44.2 Å². The van der Waals surface area contributed by atoms with Gasteiger partial charge in [0.1, 0.15) is 17.1 Å². The van der Waals surface area contributed by atoms with Crippen LogP contribution in [0.2, 0.25) is 0 Å². The number of carbonyl (C=O) groups excluding carboxylic acids is 1. The molecule has 0 bridgehead atoms. The summed E-state index contributed by atoms with van der Waals surface area (Å²) < 4.78 is 20.2. The minimum Gasteiger partial charge on any atom is -0.497 e. The Hall–Kier alpha value is -3.74. The molecule has 0 radical (unpaired) electrons. The van der Waals surface area contributed by atoms with Gasteiger partial charge in [-0.25, -0.2) is 13.9 Å². The van der Waals surface area contributed by atoms with Crippen molar-refractivity contribution in [3.63, 3.8) is 0 Å². The number of carbonyl (C=O) groups is 1. The second kappa shape index (κ2) is 8.55. The van der Waals surface area contributed by atoms with Crippen molar-refractivity contribution in [3.05, 3.63) is 94.7 Å². The maximum Gasteiger partial charge on any atom is 0.257 e. The van der Waals surface area contributed by atoms with Gasteiger partial charge in [-0.2, -0.15) is 5.10 Å². The van der Waals surface area contributed by atoms with Gasteiger partial charge in [0.25, 0.3) is 5.91 Å². The lowest BCUT2D eigenvalue weighted by molar-refractivity contribution is 0.0938. The number of aryl methyl sites for hydroxylation is 2. The van der Waals surface area contributed by atoms with Crippen LogP contribution in [0.25, 0.3) is 5.65 Å². The predicted molar refractivity (Wildman–Crippen MR) is 116 cm³/mol. The van der Waals surface area contributed by atoms with Crippen molar-refractivity contribution in [2.24, 2.45) is 0 Å². The zero-order valence-corrected chi connectivity index (χ0v) is 17.6. The summed E-state index contributed by atoms with van der Waals surface area (Å²) in [6.07, 6.45) is 2.04. The van der Waals surface area contributed by atoms with E-state index in [0.717, 1.165) is 28.3 Å². The van der Waals surface area contributed by atoms with Crippen LogP contribution in [0.4, 0.5) is 4.39 Å². The zero-order chi connectivity index (χ0) is 22.0. The monoisotopic (exact) mass is 418 g/mol. The van der Waals surface area contributed by atoms with Crippen molar-refractivity contribution in [1.82, 2.24) is 19.9 Å². The average molecular weight is 418 g/mol. The molecule has 7 heteroatoms. The van der Waals surface area contributed by atoms with Gasteiger partial charge in [0.05, 0.1) is 19.3 Å². The number of rotatable bonds is 6. The van der Waals surface area contributed by atoms with Crippen LogP contribution >= 0.6 is 0 Å². The number of benzene rings is 2. The third-order valence-electron chi connectivity index (χ3n) is 5.20. The lowest BCUT2D eigenvalue weighted by Crippen LogP contribution is -2.30. The lowest BCUT2D eigenvalue weighted by Gasteiger charge is -2.20. The number of fused-ring (bicyclic) bond motifs is 1. The molecular formula is C24H23FN4O2. The topological polar surface area (TPSA) is 68.5 Å². The number of hydrogen-bond acceptors (Lipinski definition) is 4. The molecule has 1 atom stereocenters. The Morgan fingerprint density at radius 1 is 1.13 bits per heavy atom. The molecule has 158 valence electrons. The first-order valence-electron chi connectivity index (χ1n) is 9.96. The van der Waals surface area contributed by atoms with Crippen LogP contribution in [-0.2, 0) is 6.42 Å². The molecule has 1 N–H and O–H groups in total. The van der Waals surface area contributed by atoms with Gasteiger partial charge < -0.3 is 10.1 Å². The molecule has 0 spiro atoms. The summed E-state index contributed by atoms with van der Waals surface area (Å²) in [6, 6.07) is 15.4. The standard InChI is InChI=1S/C24H23FN4O2/c1-15-12-16(2)29-23(27-15)21(14-26-29)24(30)28-22(13-17-4-8-19(25)9-5-17)18-6-10-20(31-3)11-7-18/h4-12,14,22H,13H2,1-3H3,(H,28,30). The molecule has 1 unspecified atom stereocenters. The van der Waals surface area contributed by atoms with E-state index in [0.29, 0.717) is 17.6 Å². The van der Waals surface area contributed by atoms with Crippen molar-refractivity contribution < 1.29 is 13.9 Å². The van der Waals surface area contributed by atoms with Crippen molar-refractivity contribution in [1.29, 1.82) is 0 Å². The smallest absolute Gasteiger partial charge is 0.257 e. The number of amides is 1. The zero-order valence-electron chi connectivity index (χ0n) is 17.6. The van der Waals surface area contributed by atoms with Crippen LogP contribution in [-0.4, -0.2) is 27.6 Å². The van der Waals surface area contributed by atoms with Gasteiger partial charge in [-0.05, 0) is 61.7 Å². The maximum absolute atomic E-state index is 13.3. The van der Waals surface area contributed by atoms with Crippen LogP contribution in [0.1, 0.15) is 38.9 Å². The Bertz CT molecular complexity index is 1220. The lowest BCUT2D eigenvalue weighted by atomic mass is 9.98. The van der Waals surface area contributed by atoms with E-state index in [2.05, 4.69) is 15.4 Å². The summed E-state index contributed by atoms with van der Waals surface area (Å²) in [4.78, 5) is 17.7. The van der Waals surface area contributed by atoms with Gasteiger partial charge in [0.15, 0.2) is 5.65 Å². The summed E-state index contributed by atoms with van der Waals surface area (Å²) in [5.74, 6) is 0.167. The van der Waals surface area contributed by atoms with Gasteiger partial charge in [-0.1, -0.05) is 24.3 Å². The largest absolute Gasteiger partial charge is 0.497 e. The van der Waals surface area contributed by atoms with Crippen LogP contribution < -0.4 is 10.1 Å². The summed E-state index contributed by atoms with van der Waals surface area (Å²) >= 11 is 0. The molecular weight excluding hydrogens is 395 g/mol. The summed E-state index contributed by atoms with van der Waals surface area (Å²) in [5.41, 5.74) is 4.47. The molecule has 1 amide bonds. The molecule has 2 heterocycles. The van der Waals surface area contributed by atoms with E-state index in [-0.39, 0.29) is 17.8 Å². The summed E-state index contributed by atoms with van der Waals surface area (Å²) in [7, 11) is 1.61. The minimum atomic E-state index is -0.329. The highest BCUT2D eigenvalue weighted by Gasteiger charge is 2.21. The highest BCUT2D eigenvalue weighted by Crippen LogP contribution is 2.23. The van der Waals surface area contributed by atoms with Gasteiger partial charge >= 0.3 is 0 Å². The van der Waals surface area contributed by atoms with E-state index < -0.39 is 0 Å². The molecule has 2 aromatic carbocycles. The Balaban J connectivity index is 1.66. The molecule has 0 aliphatic carbocycles. The van der Waals surface area contributed by atoms with Crippen molar-refractivity contribution >= 4 is 11.6 Å². The van der Waals surface area contributed by atoms with E-state index in [1.54, 1.807) is 23.8 Å². The summed E-state index contributed by atoms with van der Waals surface area (Å²) in [5, 5.41) is 7.41. The van der Waals surface area contributed by atoms with Gasteiger partial charge in [-0.3, -0.25) is 4.79 Å². The minimum absolute atomic E-state index is 0.268. The molecule has 0 fully saturated rings. The van der Waals surface area contributed by atoms with Crippen LogP contribution in [0.5, 0.6) is 5.75 Å². The first kappa shape index (κ1) is 20.5.